The van der Waals surface area contributed by atoms with Crippen LogP contribution in [0.4, 0.5) is 0 Å². The first-order valence-electron chi connectivity index (χ1n) is 5.66. The molecule has 0 spiro atoms. The van der Waals surface area contributed by atoms with E-state index in [2.05, 4.69) is 53.4 Å². The fraction of sp³-hybridized carbons (Fsp3) is 0.857. The van der Waals surface area contributed by atoms with E-state index < -0.39 is 0 Å². The predicted octanol–water partition coefficient (Wildman–Crippen LogP) is 4.64. The molecule has 0 nitrogen and oxygen atoms in total. The maximum atomic E-state index is 3.26. The molecule has 0 unspecified atom stereocenters. The van der Waals surface area contributed by atoms with E-state index in [1.165, 1.54) is 12.8 Å². The van der Waals surface area contributed by atoms with E-state index in [9.17, 15) is 0 Å². The third-order valence-corrected chi connectivity index (χ3v) is 1.97. The van der Waals surface area contributed by atoms with Crippen LogP contribution in [0.2, 0.25) is 0 Å². The van der Waals surface area contributed by atoms with E-state index in [4.69, 9.17) is 0 Å². The largest absolute Gasteiger partial charge is 0.103 e. The molecule has 0 rings (SSSR count). The van der Waals surface area contributed by atoms with Gasteiger partial charge in [-0.3, -0.25) is 0 Å². The SMILES string of the molecule is CC(C)(C)CC#CCCCC(C)(C)C. The zero-order valence-corrected chi connectivity index (χ0v) is 10.8. The Bertz CT molecular complexity index is 199. The van der Waals surface area contributed by atoms with Crippen molar-refractivity contribution >= 4 is 0 Å². The molecule has 82 valence electrons. The van der Waals surface area contributed by atoms with Crippen LogP contribution in [-0.2, 0) is 0 Å². The van der Waals surface area contributed by atoms with E-state index in [0.717, 1.165) is 12.8 Å². The molecule has 0 aliphatic rings. The Hall–Kier alpha value is -0.440. The summed E-state index contributed by atoms with van der Waals surface area (Å²) in [6.07, 6.45) is 4.59. The summed E-state index contributed by atoms with van der Waals surface area (Å²) in [6.45, 7) is 13.6. The summed E-state index contributed by atoms with van der Waals surface area (Å²) >= 11 is 0. The lowest BCUT2D eigenvalue weighted by atomic mass is 9.89. The Morgan fingerprint density at radius 3 is 1.79 bits per heavy atom. The van der Waals surface area contributed by atoms with Crippen molar-refractivity contribution in [2.75, 3.05) is 0 Å². The molecule has 0 heteroatoms. The maximum absolute atomic E-state index is 3.26. The van der Waals surface area contributed by atoms with Gasteiger partial charge >= 0.3 is 0 Å². The molecule has 0 heterocycles. The summed E-state index contributed by atoms with van der Waals surface area (Å²) in [5.74, 6) is 6.53. The molecular weight excluding hydrogens is 168 g/mol. The summed E-state index contributed by atoms with van der Waals surface area (Å²) in [4.78, 5) is 0. The van der Waals surface area contributed by atoms with Crippen molar-refractivity contribution in [3.63, 3.8) is 0 Å². The van der Waals surface area contributed by atoms with Crippen LogP contribution in [-0.4, -0.2) is 0 Å². The minimum atomic E-state index is 0.358. The molecule has 0 amide bonds. The predicted molar refractivity (Wildman–Crippen MR) is 65.2 cm³/mol. The Labute approximate surface area is 90.5 Å². The highest BCUT2D eigenvalue weighted by Crippen LogP contribution is 2.21. The fourth-order valence-corrected chi connectivity index (χ4v) is 1.12. The monoisotopic (exact) mass is 194 g/mol. The van der Waals surface area contributed by atoms with Gasteiger partial charge in [0, 0.05) is 12.8 Å². The van der Waals surface area contributed by atoms with Gasteiger partial charge in [-0.1, -0.05) is 41.5 Å². The molecule has 0 aliphatic carbocycles. The van der Waals surface area contributed by atoms with Crippen LogP contribution in [0.5, 0.6) is 0 Å². The molecule has 0 atom stereocenters. The molecule has 0 fully saturated rings. The summed E-state index contributed by atoms with van der Waals surface area (Å²) in [5.41, 5.74) is 0.822. The lowest BCUT2D eigenvalue weighted by Crippen LogP contribution is -2.04. The molecule has 0 aromatic rings. The summed E-state index contributed by atoms with van der Waals surface area (Å²) in [7, 11) is 0. The van der Waals surface area contributed by atoms with Crippen molar-refractivity contribution in [1.29, 1.82) is 0 Å². The molecule has 0 bridgehead atoms. The molecule has 0 aromatic carbocycles. The van der Waals surface area contributed by atoms with Crippen molar-refractivity contribution in [3.8, 4) is 11.8 Å². The van der Waals surface area contributed by atoms with Gasteiger partial charge in [-0.25, -0.2) is 0 Å². The summed E-state index contributed by atoms with van der Waals surface area (Å²) in [5, 5.41) is 0. The average molecular weight is 194 g/mol. The van der Waals surface area contributed by atoms with Crippen LogP contribution in [0.3, 0.4) is 0 Å². The minimum Gasteiger partial charge on any atom is -0.103 e. The lowest BCUT2D eigenvalue weighted by molar-refractivity contribution is 0.368. The van der Waals surface area contributed by atoms with Gasteiger partial charge in [-0.05, 0) is 23.7 Å². The van der Waals surface area contributed by atoms with Gasteiger partial charge in [0.2, 0.25) is 0 Å². The zero-order valence-electron chi connectivity index (χ0n) is 10.8. The van der Waals surface area contributed by atoms with E-state index in [1.807, 2.05) is 0 Å². The number of hydrogen-bond acceptors (Lipinski definition) is 0. The van der Waals surface area contributed by atoms with Crippen molar-refractivity contribution in [2.24, 2.45) is 10.8 Å². The second-order valence-corrected chi connectivity index (χ2v) is 6.51. The van der Waals surface area contributed by atoms with E-state index in [-0.39, 0.29) is 0 Å². The lowest BCUT2D eigenvalue weighted by Gasteiger charge is -2.16. The first-order valence-corrected chi connectivity index (χ1v) is 5.66. The first-order chi connectivity index (χ1) is 6.21. The van der Waals surface area contributed by atoms with Gasteiger partial charge in [-0.15, -0.1) is 11.8 Å². The van der Waals surface area contributed by atoms with Crippen LogP contribution in [0.25, 0.3) is 0 Å². The van der Waals surface area contributed by atoms with Crippen molar-refractivity contribution < 1.29 is 0 Å². The summed E-state index contributed by atoms with van der Waals surface area (Å²) < 4.78 is 0. The van der Waals surface area contributed by atoms with Crippen LogP contribution >= 0.6 is 0 Å². The Morgan fingerprint density at radius 2 is 1.36 bits per heavy atom. The topological polar surface area (TPSA) is 0 Å². The standard InChI is InChI=1S/C14H26/c1-13(2,3)11-9-7-8-10-12-14(4,5)6/h7,9,11-12H2,1-6H3. The molecule has 0 N–H and O–H groups in total. The Kier molecular flexibility index (Phi) is 5.27. The number of rotatable bonds is 2. The molecule has 0 aromatic heterocycles. The minimum absolute atomic E-state index is 0.358. The van der Waals surface area contributed by atoms with Gasteiger partial charge in [0.05, 0.1) is 0 Å². The van der Waals surface area contributed by atoms with Gasteiger partial charge in [0.25, 0.3) is 0 Å². The zero-order chi connectivity index (χ0) is 11.2. The first kappa shape index (κ1) is 13.6. The van der Waals surface area contributed by atoms with Crippen LogP contribution in [0.15, 0.2) is 0 Å². The summed E-state index contributed by atoms with van der Waals surface area (Å²) in [6, 6.07) is 0. The second-order valence-electron chi connectivity index (χ2n) is 6.51. The van der Waals surface area contributed by atoms with Gasteiger partial charge in [-0.2, -0.15) is 0 Å². The highest BCUT2D eigenvalue weighted by Gasteiger charge is 2.08. The molecule has 0 saturated heterocycles. The van der Waals surface area contributed by atoms with Crippen molar-refractivity contribution in [2.45, 2.75) is 67.2 Å². The number of unbranched alkanes of at least 4 members (excludes halogenated alkanes) is 1. The van der Waals surface area contributed by atoms with Crippen molar-refractivity contribution in [1.82, 2.24) is 0 Å². The highest BCUT2D eigenvalue weighted by molar-refractivity contribution is 5.01. The quantitative estimate of drug-likeness (QED) is 0.443. The van der Waals surface area contributed by atoms with Gasteiger partial charge < -0.3 is 0 Å². The molecule has 0 radical (unpaired) electrons. The van der Waals surface area contributed by atoms with Crippen LogP contribution in [0.1, 0.15) is 67.2 Å². The maximum Gasteiger partial charge on any atom is 0.0137 e. The molecular formula is C14H26. The third-order valence-electron chi connectivity index (χ3n) is 1.97. The molecule has 0 aliphatic heterocycles. The average Bonchev–Trinajstić information content (AvgIpc) is 1.92. The Morgan fingerprint density at radius 1 is 0.786 bits per heavy atom. The second kappa shape index (κ2) is 5.44. The van der Waals surface area contributed by atoms with Crippen molar-refractivity contribution in [3.05, 3.63) is 0 Å². The highest BCUT2D eigenvalue weighted by atomic mass is 14.1. The van der Waals surface area contributed by atoms with Gasteiger partial charge in [0.15, 0.2) is 0 Å². The smallest absolute Gasteiger partial charge is 0.0137 e. The fourth-order valence-electron chi connectivity index (χ4n) is 1.12. The van der Waals surface area contributed by atoms with Gasteiger partial charge in [0.1, 0.15) is 0 Å². The Balaban J connectivity index is 3.55. The van der Waals surface area contributed by atoms with E-state index in [0.29, 0.717) is 10.8 Å². The van der Waals surface area contributed by atoms with Crippen LogP contribution < -0.4 is 0 Å². The molecule has 0 saturated carbocycles. The van der Waals surface area contributed by atoms with E-state index in [1.54, 1.807) is 0 Å². The van der Waals surface area contributed by atoms with Crippen LogP contribution in [0, 0.1) is 22.7 Å². The normalized spacial score (nSPS) is 12.1. The molecule has 14 heavy (non-hydrogen) atoms. The third kappa shape index (κ3) is 11.6. The van der Waals surface area contributed by atoms with E-state index >= 15 is 0 Å². The number of hydrogen-bond donors (Lipinski definition) is 0.